The second-order valence-corrected chi connectivity index (χ2v) is 3.29. The number of rotatable bonds is 2. The van der Waals surface area contributed by atoms with Crippen LogP contribution in [0.2, 0.25) is 0 Å². The number of hydrogen-bond acceptors (Lipinski definition) is 1. The third kappa shape index (κ3) is 2.00. The van der Waals surface area contributed by atoms with E-state index in [0.717, 1.165) is 12.8 Å². The summed E-state index contributed by atoms with van der Waals surface area (Å²) in [7, 11) is 0. The Hall–Kier alpha value is 0.816. The molecule has 0 spiro atoms. The van der Waals surface area contributed by atoms with Gasteiger partial charge in [0, 0.05) is 0 Å². The summed E-state index contributed by atoms with van der Waals surface area (Å²) in [6, 6.07) is 10.1. The molecule has 2 heteroatoms. The van der Waals surface area contributed by atoms with Gasteiger partial charge in [0.25, 0.3) is 0 Å². The summed E-state index contributed by atoms with van der Waals surface area (Å²) < 4.78 is 0. The van der Waals surface area contributed by atoms with Gasteiger partial charge in [-0.15, -0.1) is 6.61 Å². The van der Waals surface area contributed by atoms with Crippen molar-refractivity contribution in [2.75, 3.05) is 6.61 Å². The first-order valence-electron chi connectivity index (χ1n) is 4.01. The van der Waals surface area contributed by atoms with Gasteiger partial charge in [0.15, 0.2) is 0 Å². The Morgan fingerprint density at radius 1 is 1.17 bits per heavy atom. The Morgan fingerprint density at radius 2 is 1.75 bits per heavy atom. The van der Waals surface area contributed by atoms with Gasteiger partial charge in [-0.1, -0.05) is 30.3 Å². The maximum Gasteiger partial charge on any atom is 1.00 e. The SMILES string of the molecule is [K+].[O-]CC1(c2ccccc2)CC1. The zero-order valence-electron chi connectivity index (χ0n) is 7.42. The first-order valence-corrected chi connectivity index (χ1v) is 4.01. The molecule has 0 N–H and O–H groups in total. The fourth-order valence-electron chi connectivity index (χ4n) is 1.46. The van der Waals surface area contributed by atoms with E-state index in [1.807, 2.05) is 18.2 Å². The fraction of sp³-hybridized carbons (Fsp3) is 0.400. The molecular weight excluding hydrogens is 175 g/mol. The van der Waals surface area contributed by atoms with Crippen molar-refractivity contribution in [3.8, 4) is 0 Å². The predicted molar refractivity (Wildman–Crippen MR) is 42.2 cm³/mol. The Kier molecular flexibility index (Phi) is 3.95. The maximum absolute atomic E-state index is 10.8. The molecule has 0 amide bonds. The van der Waals surface area contributed by atoms with E-state index in [-0.39, 0.29) is 63.4 Å². The molecule has 0 atom stereocenters. The van der Waals surface area contributed by atoms with Crippen molar-refractivity contribution in [1.82, 2.24) is 0 Å². The molecule has 0 saturated heterocycles. The molecule has 0 aromatic heterocycles. The van der Waals surface area contributed by atoms with Crippen LogP contribution in [-0.2, 0) is 5.41 Å². The molecule has 0 bridgehead atoms. The Balaban J connectivity index is 0.000000720. The first kappa shape index (κ1) is 10.9. The zero-order chi connectivity index (χ0) is 7.73. The van der Waals surface area contributed by atoms with Crippen LogP contribution in [0.5, 0.6) is 0 Å². The normalized spacial score (nSPS) is 18.1. The summed E-state index contributed by atoms with van der Waals surface area (Å²) in [5, 5.41) is 10.8. The monoisotopic (exact) mass is 186 g/mol. The third-order valence-electron chi connectivity index (χ3n) is 2.52. The smallest absolute Gasteiger partial charge is 0.854 e. The summed E-state index contributed by atoms with van der Waals surface area (Å²) in [6.45, 7) is 0.0526. The van der Waals surface area contributed by atoms with Gasteiger partial charge in [-0.3, -0.25) is 0 Å². The fourth-order valence-corrected chi connectivity index (χ4v) is 1.46. The number of hydrogen-bond donors (Lipinski definition) is 0. The minimum Gasteiger partial charge on any atom is -0.854 e. The van der Waals surface area contributed by atoms with Crippen LogP contribution >= 0.6 is 0 Å². The molecule has 0 aliphatic heterocycles. The quantitative estimate of drug-likeness (QED) is 0.494. The summed E-state index contributed by atoms with van der Waals surface area (Å²) >= 11 is 0. The van der Waals surface area contributed by atoms with Gasteiger partial charge in [-0.25, -0.2) is 0 Å². The van der Waals surface area contributed by atoms with Crippen LogP contribution in [0.15, 0.2) is 30.3 Å². The van der Waals surface area contributed by atoms with Gasteiger partial charge < -0.3 is 5.11 Å². The topological polar surface area (TPSA) is 23.1 Å². The van der Waals surface area contributed by atoms with Gasteiger partial charge in [0.2, 0.25) is 0 Å². The summed E-state index contributed by atoms with van der Waals surface area (Å²) in [5.41, 5.74) is 1.26. The second-order valence-electron chi connectivity index (χ2n) is 3.29. The average molecular weight is 186 g/mol. The maximum atomic E-state index is 10.8. The van der Waals surface area contributed by atoms with E-state index >= 15 is 0 Å². The van der Waals surface area contributed by atoms with Crippen LogP contribution in [0.4, 0.5) is 0 Å². The van der Waals surface area contributed by atoms with Crippen LogP contribution < -0.4 is 56.5 Å². The van der Waals surface area contributed by atoms with E-state index in [9.17, 15) is 5.11 Å². The molecule has 1 aromatic rings. The van der Waals surface area contributed by atoms with Gasteiger partial charge in [-0.2, -0.15) is 0 Å². The first-order chi connectivity index (χ1) is 5.37. The molecule has 1 aliphatic carbocycles. The minimum atomic E-state index is 0. The molecule has 1 nitrogen and oxygen atoms in total. The van der Waals surface area contributed by atoms with E-state index in [4.69, 9.17) is 0 Å². The Morgan fingerprint density at radius 3 is 2.17 bits per heavy atom. The molecule has 1 saturated carbocycles. The van der Waals surface area contributed by atoms with Crippen molar-refractivity contribution in [2.45, 2.75) is 18.3 Å². The van der Waals surface area contributed by atoms with E-state index in [1.54, 1.807) is 0 Å². The second kappa shape index (κ2) is 4.36. The van der Waals surface area contributed by atoms with Crippen molar-refractivity contribution in [3.05, 3.63) is 35.9 Å². The van der Waals surface area contributed by atoms with Crippen molar-refractivity contribution in [3.63, 3.8) is 0 Å². The van der Waals surface area contributed by atoms with Crippen LogP contribution in [0.25, 0.3) is 0 Å². The van der Waals surface area contributed by atoms with E-state index in [0.29, 0.717) is 0 Å². The van der Waals surface area contributed by atoms with E-state index in [2.05, 4.69) is 12.1 Å². The molecule has 0 heterocycles. The van der Waals surface area contributed by atoms with E-state index in [1.165, 1.54) is 5.56 Å². The summed E-state index contributed by atoms with van der Waals surface area (Å²) in [5.74, 6) is 0. The van der Waals surface area contributed by atoms with Crippen molar-refractivity contribution in [1.29, 1.82) is 0 Å². The molecule has 0 radical (unpaired) electrons. The van der Waals surface area contributed by atoms with Crippen LogP contribution in [0.1, 0.15) is 18.4 Å². The molecule has 2 rings (SSSR count). The Labute approximate surface area is 116 Å². The molecular formula is C10H11KO. The molecule has 58 valence electrons. The summed E-state index contributed by atoms with van der Waals surface area (Å²) in [4.78, 5) is 0. The van der Waals surface area contributed by atoms with Gasteiger partial charge >= 0.3 is 51.4 Å². The molecule has 1 fully saturated rings. The van der Waals surface area contributed by atoms with Gasteiger partial charge in [0.1, 0.15) is 0 Å². The standard InChI is InChI=1S/C10H11O.K/c11-8-10(6-7-10)9-4-2-1-3-5-9;/h1-5H,6-8H2;/q-1;+1. The number of benzene rings is 1. The molecule has 1 aromatic carbocycles. The van der Waals surface area contributed by atoms with Crippen LogP contribution in [-0.4, -0.2) is 6.61 Å². The molecule has 0 unspecified atom stereocenters. The van der Waals surface area contributed by atoms with Crippen LogP contribution in [0.3, 0.4) is 0 Å². The molecule has 1 aliphatic rings. The minimum absolute atomic E-state index is 0. The Bertz CT molecular complexity index is 241. The zero-order valence-corrected chi connectivity index (χ0v) is 10.5. The largest absolute Gasteiger partial charge is 1.00 e. The van der Waals surface area contributed by atoms with Crippen molar-refractivity contribution >= 4 is 0 Å². The van der Waals surface area contributed by atoms with Gasteiger partial charge in [0.05, 0.1) is 0 Å². The predicted octanol–water partition coefficient (Wildman–Crippen LogP) is -1.92. The molecule has 12 heavy (non-hydrogen) atoms. The van der Waals surface area contributed by atoms with E-state index < -0.39 is 0 Å². The van der Waals surface area contributed by atoms with Crippen molar-refractivity contribution < 1.29 is 56.5 Å². The van der Waals surface area contributed by atoms with Crippen LogP contribution in [0, 0.1) is 0 Å². The third-order valence-corrected chi connectivity index (χ3v) is 2.52. The van der Waals surface area contributed by atoms with Crippen molar-refractivity contribution in [2.24, 2.45) is 0 Å². The summed E-state index contributed by atoms with van der Waals surface area (Å²) in [6.07, 6.45) is 2.17. The average Bonchev–Trinajstić information content (AvgIpc) is 2.86. The van der Waals surface area contributed by atoms with Gasteiger partial charge in [-0.05, 0) is 23.8 Å².